The molecule has 0 saturated heterocycles. The van der Waals surface area contributed by atoms with Gasteiger partial charge in [0, 0.05) is 7.11 Å². The van der Waals surface area contributed by atoms with Crippen molar-refractivity contribution in [3.63, 3.8) is 0 Å². The molecule has 0 N–H and O–H groups in total. The van der Waals surface area contributed by atoms with Crippen molar-refractivity contribution in [3.8, 4) is 0 Å². The topological polar surface area (TPSA) is 12.5 Å². The molecular weight excluding hydrogens is 178 g/mol. The highest BCUT2D eigenvalue weighted by Gasteiger charge is 2.17. The van der Waals surface area contributed by atoms with Crippen molar-refractivity contribution in [3.05, 3.63) is 0 Å². The summed E-state index contributed by atoms with van der Waals surface area (Å²) in [5.41, 5.74) is 0. The lowest BCUT2D eigenvalue weighted by Crippen LogP contribution is -2.41. The van der Waals surface area contributed by atoms with Gasteiger partial charge in [0.15, 0.2) is 0 Å². The van der Waals surface area contributed by atoms with E-state index in [4.69, 9.17) is 4.43 Å². The molecule has 0 amide bonds. The van der Waals surface area contributed by atoms with E-state index in [1.165, 1.54) is 38.4 Å². The van der Waals surface area contributed by atoms with E-state index in [1.54, 1.807) is 0 Å². The Bertz CT molecular complexity index is 105. The Labute approximate surface area is 85.1 Å². The Kier molecular flexibility index (Phi) is 8.81. The summed E-state index contributed by atoms with van der Waals surface area (Å²) in [7, 11) is 0.850. The number of hydrogen-bond donors (Lipinski definition) is 0. The van der Waals surface area contributed by atoms with Gasteiger partial charge >= 0.3 is 0 Å². The van der Waals surface area contributed by atoms with Crippen molar-refractivity contribution in [2.75, 3.05) is 20.2 Å². The van der Waals surface area contributed by atoms with Crippen LogP contribution in [0.15, 0.2) is 0 Å². The summed E-state index contributed by atoms with van der Waals surface area (Å²) in [5, 5.41) is 0. The van der Waals surface area contributed by atoms with Crippen molar-refractivity contribution < 1.29 is 4.43 Å². The summed E-state index contributed by atoms with van der Waals surface area (Å²) in [5.74, 6) is 0. The van der Waals surface area contributed by atoms with Gasteiger partial charge in [-0.3, -0.25) is 0 Å². The van der Waals surface area contributed by atoms with Crippen LogP contribution in [-0.4, -0.2) is 34.0 Å². The molecule has 0 aromatic heterocycles. The van der Waals surface area contributed by atoms with Gasteiger partial charge in [-0.25, -0.2) is 0 Å². The SMILES string of the molecule is CCCN(CCC)[SiH](CCC)OC. The molecule has 1 atom stereocenters. The first kappa shape index (κ1) is 13.1. The molecule has 3 heteroatoms. The van der Waals surface area contributed by atoms with Gasteiger partial charge in [0.05, 0.1) is 0 Å². The van der Waals surface area contributed by atoms with E-state index in [-0.39, 0.29) is 0 Å². The molecule has 0 fully saturated rings. The largest absolute Gasteiger partial charge is 0.409 e. The van der Waals surface area contributed by atoms with Crippen molar-refractivity contribution >= 4 is 9.20 Å². The van der Waals surface area contributed by atoms with Crippen LogP contribution in [0.1, 0.15) is 40.0 Å². The maximum atomic E-state index is 5.62. The van der Waals surface area contributed by atoms with Crippen LogP contribution in [0, 0.1) is 0 Å². The van der Waals surface area contributed by atoms with E-state index < -0.39 is 9.20 Å². The third-order valence-corrected chi connectivity index (χ3v) is 5.18. The molecule has 0 aliphatic heterocycles. The molecule has 0 heterocycles. The van der Waals surface area contributed by atoms with Crippen molar-refractivity contribution in [1.29, 1.82) is 0 Å². The smallest absolute Gasteiger partial charge is 0.254 e. The predicted octanol–water partition coefficient (Wildman–Crippen LogP) is 2.39. The number of rotatable bonds is 8. The first-order valence-corrected chi connectivity index (χ1v) is 7.37. The Balaban J connectivity index is 3.94. The lowest BCUT2D eigenvalue weighted by molar-refractivity contribution is 0.309. The van der Waals surface area contributed by atoms with Gasteiger partial charge < -0.3 is 8.99 Å². The van der Waals surface area contributed by atoms with Crippen molar-refractivity contribution in [1.82, 2.24) is 4.57 Å². The van der Waals surface area contributed by atoms with Gasteiger partial charge in [0.2, 0.25) is 0 Å². The molecule has 0 bridgehead atoms. The van der Waals surface area contributed by atoms with Crippen molar-refractivity contribution in [2.24, 2.45) is 0 Å². The van der Waals surface area contributed by atoms with E-state index in [1.807, 2.05) is 7.11 Å². The molecule has 13 heavy (non-hydrogen) atoms. The predicted molar refractivity (Wildman–Crippen MR) is 61.4 cm³/mol. The third kappa shape index (κ3) is 5.44. The monoisotopic (exact) mass is 203 g/mol. The van der Waals surface area contributed by atoms with Gasteiger partial charge in [0.25, 0.3) is 9.20 Å². The zero-order chi connectivity index (χ0) is 10.1. The highest BCUT2D eigenvalue weighted by molar-refractivity contribution is 6.48. The molecule has 2 nitrogen and oxygen atoms in total. The summed E-state index contributed by atoms with van der Waals surface area (Å²) in [6.45, 7) is 9.18. The Morgan fingerprint density at radius 1 is 1.00 bits per heavy atom. The van der Waals surface area contributed by atoms with Gasteiger partial charge in [-0.05, 0) is 32.0 Å². The van der Waals surface area contributed by atoms with Crippen LogP contribution in [0.25, 0.3) is 0 Å². The van der Waals surface area contributed by atoms with E-state index in [2.05, 4.69) is 25.3 Å². The van der Waals surface area contributed by atoms with E-state index in [9.17, 15) is 0 Å². The van der Waals surface area contributed by atoms with Gasteiger partial charge in [-0.15, -0.1) is 0 Å². The second-order valence-electron chi connectivity index (χ2n) is 3.51. The quantitative estimate of drug-likeness (QED) is 0.562. The van der Waals surface area contributed by atoms with Crippen LogP contribution in [-0.2, 0) is 4.43 Å². The second kappa shape index (κ2) is 8.72. The molecule has 0 aromatic carbocycles. The van der Waals surface area contributed by atoms with Crippen molar-refractivity contribution in [2.45, 2.75) is 46.1 Å². The zero-order valence-corrected chi connectivity index (χ0v) is 10.8. The Morgan fingerprint density at radius 2 is 1.54 bits per heavy atom. The standard InChI is InChI=1S/C10H25NOSi/c1-5-8-11(9-6-2)13(12-4)10-7-3/h13H,5-10H2,1-4H3. The average Bonchev–Trinajstić information content (AvgIpc) is 2.14. The molecule has 0 rings (SSSR count). The normalized spacial score (nSPS) is 13.6. The summed E-state index contributed by atoms with van der Waals surface area (Å²) in [6, 6.07) is 1.29. The second-order valence-corrected chi connectivity index (χ2v) is 6.20. The Hall–Kier alpha value is 0.137. The third-order valence-electron chi connectivity index (χ3n) is 2.24. The van der Waals surface area contributed by atoms with E-state index >= 15 is 0 Å². The minimum Gasteiger partial charge on any atom is -0.409 e. The summed E-state index contributed by atoms with van der Waals surface area (Å²) < 4.78 is 8.21. The minimum atomic E-state index is -1.03. The Morgan fingerprint density at radius 3 is 1.85 bits per heavy atom. The van der Waals surface area contributed by atoms with Gasteiger partial charge in [-0.2, -0.15) is 0 Å². The molecule has 1 unspecified atom stereocenters. The molecular formula is C10H25NOSi. The zero-order valence-electron chi connectivity index (χ0n) is 9.68. The lowest BCUT2D eigenvalue weighted by Gasteiger charge is -2.28. The fourth-order valence-corrected chi connectivity index (χ4v) is 4.16. The van der Waals surface area contributed by atoms with Crippen LogP contribution < -0.4 is 0 Å². The van der Waals surface area contributed by atoms with Crippen LogP contribution in [0.5, 0.6) is 0 Å². The van der Waals surface area contributed by atoms with Gasteiger partial charge in [-0.1, -0.05) is 27.2 Å². The van der Waals surface area contributed by atoms with E-state index in [0.29, 0.717) is 0 Å². The average molecular weight is 203 g/mol. The van der Waals surface area contributed by atoms with Crippen LogP contribution in [0.4, 0.5) is 0 Å². The van der Waals surface area contributed by atoms with E-state index in [0.717, 1.165) is 0 Å². The highest BCUT2D eigenvalue weighted by Crippen LogP contribution is 2.06. The van der Waals surface area contributed by atoms with Gasteiger partial charge in [0.1, 0.15) is 0 Å². The molecule has 0 saturated carbocycles. The molecule has 80 valence electrons. The minimum absolute atomic E-state index is 1.03. The maximum absolute atomic E-state index is 5.62. The highest BCUT2D eigenvalue weighted by atomic mass is 28.3. The molecule has 0 spiro atoms. The summed E-state index contributed by atoms with van der Waals surface area (Å²) >= 11 is 0. The van der Waals surface area contributed by atoms with Crippen LogP contribution in [0.3, 0.4) is 0 Å². The summed E-state index contributed by atoms with van der Waals surface area (Å²) in [4.78, 5) is 0. The first-order valence-electron chi connectivity index (χ1n) is 5.56. The molecule has 0 radical (unpaired) electrons. The number of nitrogens with zero attached hydrogens (tertiary/aromatic N) is 1. The maximum Gasteiger partial charge on any atom is 0.254 e. The number of hydrogen-bond acceptors (Lipinski definition) is 2. The molecule has 0 aliphatic rings. The first-order chi connectivity index (χ1) is 6.29. The lowest BCUT2D eigenvalue weighted by atomic mass is 10.4. The molecule has 0 aromatic rings. The summed E-state index contributed by atoms with van der Waals surface area (Å²) in [6.07, 6.45) is 3.75. The van der Waals surface area contributed by atoms with Crippen LogP contribution >= 0.6 is 0 Å². The fourth-order valence-electron chi connectivity index (χ4n) is 1.67. The fraction of sp³-hybridized carbons (Fsp3) is 1.00. The van der Waals surface area contributed by atoms with Crippen LogP contribution in [0.2, 0.25) is 6.04 Å². The molecule has 0 aliphatic carbocycles.